The van der Waals surface area contributed by atoms with Crippen LogP contribution in [0.15, 0.2) is 30.3 Å². The Morgan fingerprint density at radius 1 is 1.23 bits per heavy atom. The van der Waals surface area contributed by atoms with E-state index in [0.29, 0.717) is 5.02 Å². The summed E-state index contributed by atoms with van der Waals surface area (Å²) in [6.45, 7) is 9.84. The number of halogens is 1. The third-order valence-corrected chi connectivity index (χ3v) is 6.45. The molecule has 0 spiro atoms. The fourth-order valence-electron chi connectivity index (χ4n) is 4.24. The van der Waals surface area contributed by atoms with Gasteiger partial charge in [-0.15, -0.1) is 0 Å². The lowest BCUT2D eigenvalue weighted by molar-refractivity contribution is -0.126. The van der Waals surface area contributed by atoms with E-state index in [1.807, 2.05) is 42.6 Å². The minimum Gasteiger partial charge on any atom is -0.356 e. The first kappa shape index (κ1) is 21.6. The molecule has 1 aliphatic heterocycles. The normalized spacial score (nSPS) is 16.0. The number of aromatic nitrogens is 3. The molecule has 0 aliphatic carbocycles. The van der Waals surface area contributed by atoms with E-state index in [1.165, 1.54) is 0 Å². The highest BCUT2D eigenvalue weighted by Crippen LogP contribution is 2.32. The molecule has 0 bridgehead atoms. The molecule has 1 saturated heterocycles. The monoisotopic (exact) mass is 439 g/mol. The Morgan fingerprint density at radius 3 is 2.55 bits per heavy atom. The summed E-state index contributed by atoms with van der Waals surface area (Å²) in [6.07, 6.45) is 2.64. The van der Waals surface area contributed by atoms with Crippen LogP contribution in [0.5, 0.6) is 0 Å². The summed E-state index contributed by atoms with van der Waals surface area (Å²) in [6, 6.07) is 10.1. The minimum absolute atomic E-state index is 0.0765. The minimum atomic E-state index is 0.0765. The van der Waals surface area contributed by atoms with Crippen LogP contribution in [0.3, 0.4) is 0 Å². The number of nitrogens with one attached hydrogen (secondary N) is 1. The number of nitrogens with zero attached hydrogens (tertiary/aromatic N) is 4. The van der Waals surface area contributed by atoms with E-state index < -0.39 is 0 Å². The Kier molecular flexibility index (Phi) is 6.19. The summed E-state index contributed by atoms with van der Waals surface area (Å²) in [5.74, 6) is 1.30. The number of amides is 1. The molecule has 6 nitrogen and oxygen atoms in total. The smallest absolute Gasteiger partial charge is 0.223 e. The van der Waals surface area contributed by atoms with Crippen molar-refractivity contribution in [3.63, 3.8) is 0 Å². The average Bonchev–Trinajstić information content (AvgIpc) is 3.09. The van der Waals surface area contributed by atoms with Crippen molar-refractivity contribution >= 4 is 29.0 Å². The molecule has 1 unspecified atom stereocenters. The third-order valence-electron chi connectivity index (χ3n) is 6.20. The summed E-state index contributed by atoms with van der Waals surface area (Å²) in [7, 11) is 0. The fraction of sp³-hybridized carbons (Fsp3) is 0.458. The van der Waals surface area contributed by atoms with Crippen molar-refractivity contribution in [2.45, 2.75) is 53.0 Å². The van der Waals surface area contributed by atoms with Gasteiger partial charge in [0.1, 0.15) is 5.82 Å². The van der Waals surface area contributed by atoms with Crippen molar-refractivity contribution in [3.8, 4) is 11.1 Å². The maximum atomic E-state index is 12.5. The van der Waals surface area contributed by atoms with Crippen molar-refractivity contribution in [2.75, 3.05) is 18.0 Å². The highest BCUT2D eigenvalue weighted by molar-refractivity contribution is 6.30. The highest BCUT2D eigenvalue weighted by Gasteiger charge is 2.27. The molecule has 1 atom stereocenters. The number of anilines is 1. The Morgan fingerprint density at radius 2 is 1.90 bits per heavy atom. The number of aryl methyl sites for hydroxylation is 2. The van der Waals surface area contributed by atoms with Gasteiger partial charge in [-0.05, 0) is 57.7 Å². The van der Waals surface area contributed by atoms with Crippen LogP contribution in [-0.4, -0.2) is 39.6 Å². The first-order valence-electron chi connectivity index (χ1n) is 11.1. The van der Waals surface area contributed by atoms with E-state index in [9.17, 15) is 4.79 Å². The zero-order valence-corrected chi connectivity index (χ0v) is 19.4. The largest absolute Gasteiger partial charge is 0.356 e. The molecule has 1 aliphatic rings. The lowest BCUT2D eigenvalue weighted by atomic mass is 9.95. The van der Waals surface area contributed by atoms with Crippen LogP contribution in [0.4, 0.5) is 5.82 Å². The van der Waals surface area contributed by atoms with Crippen LogP contribution in [0.1, 0.15) is 44.5 Å². The standard InChI is InChI=1S/C24H30ClN5O/c1-5-15(2)27-24(31)19-10-12-29(13-11-19)21-14-16(3)26-23-22(17(4)28-30(21)23)18-6-8-20(25)9-7-18/h6-9,14-15,19H,5,10-13H2,1-4H3,(H,27,31). The van der Waals surface area contributed by atoms with Crippen molar-refractivity contribution < 1.29 is 4.79 Å². The Balaban J connectivity index is 1.62. The van der Waals surface area contributed by atoms with Crippen LogP contribution >= 0.6 is 11.6 Å². The van der Waals surface area contributed by atoms with Crippen LogP contribution < -0.4 is 10.2 Å². The van der Waals surface area contributed by atoms with Crippen LogP contribution in [0.2, 0.25) is 5.02 Å². The molecule has 0 saturated carbocycles. The van der Waals surface area contributed by atoms with Crippen molar-refractivity contribution in [1.82, 2.24) is 19.9 Å². The molecule has 7 heteroatoms. The van der Waals surface area contributed by atoms with Gasteiger partial charge in [0.2, 0.25) is 5.91 Å². The van der Waals surface area contributed by atoms with Crippen molar-refractivity contribution in [2.24, 2.45) is 5.92 Å². The second-order valence-electron chi connectivity index (χ2n) is 8.54. The Hall–Kier alpha value is -2.60. The second-order valence-corrected chi connectivity index (χ2v) is 8.97. The molecule has 3 heterocycles. The Bertz CT molecular complexity index is 1080. The van der Waals surface area contributed by atoms with Gasteiger partial charge in [-0.25, -0.2) is 4.98 Å². The van der Waals surface area contributed by atoms with Gasteiger partial charge < -0.3 is 10.2 Å². The SMILES string of the molecule is CCC(C)NC(=O)C1CCN(c2cc(C)nc3c(-c4ccc(Cl)cc4)c(C)nn23)CC1. The predicted octanol–water partition coefficient (Wildman–Crippen LogP) is 4.80. The van der Waals surface area contributed by atoms with Crippen LogP contribution in [-0.2, 0) is 4.79 Å². The highest BCUT2D eigenvalue weighted by atomic mass is 35.5. The quantitative estimate of drug-likeness (QED) is 0.620. The fourth-order valence-corrected chi connectivity index (χ4v) is 4.36. The first-order chi connectivity index (χ1) is 14.9. The molecule has 1 aromatic carbocycles. The van der Waals surface area contributed by atoms with E-state index in [4.69, 9.17) is 21.7 Å². The number of rotatable bonds is 5. The van der Waals surface area contributed by atoms with Gasteiger partial charge in [0.25, 0.3) is 0 Å². The van der Waals surface area contributed by atoms with Gasteiger partial charge in [-0.3, -0.25) is 4.79 Å². The lowest BCUT2D eigenvalue weighted by Crippen LogP contribution is -2.43. The summed E-state index contributed by atoms with van der Waals surface area (Å²) in [5, 5.41) is 8.68. The van der Waals surface area contributed by atoms with Crippen LogP contribution in [0, 0.1) is 19.8 Å². The second kappa shape index (κ2) is 8.87. The van der Waals surface area contributed by atoms with Gasteiger partial charge in [0.15, 0.2) is 5.65 Å². The van der Waals surface area contributed by atoms with Gasteiger partial charge in [-0.2, -0.15) is 9.61 Å². The number of hydrogen-bond acceptors (Lipinski definition) is 4. The summed E-state index contributed by atoms with van der Waals surface area (Å²) in [5.41, 5.74) is 4.83. The molecule has 3 aromatic rings. The molecule has 1 amide bonds. The maximum Gasteiger partial charge on any atom is 0.223 e. The molecular formula is C24H30ClN5O. The zero-order chi connectivity index (χ0) is 22.1. The molecule has 4 rings (SSSR count). The topological polar surface area (TPSA) is 62.5 Å². The molecule has 164 valence electrons. The first-order valence-corrected chi connectivity index (χ1v) is 11.4. The van der Waals surface area contributed by atoms with E-state index in [1.54, 1.807) is 0 Å². The Labute approximate surface area is 188 Å². The van der Waals surface area contributed by atoms with Gasteiger partial charge in [0, 0.05) is 47.4 Å². The van der Waals surface area contributed by atoms with E-state index in [-0.39, 0.29) is 17.9 Å². The van der Waals surface area contributed by atoms with Crippen molar-refractivity contribution in [1.29, 1.82) is 0 Å². The summed E-state index contributed by atoms with van der Waals surface area (Å²) in [4.78, 5) is 19.7. The molecule has 1 fully saturated rings. The van der Waals surface area contributed by atoms with Gasteiger partial charge in [-0.1, -0.05) is 30.7 Å². The van der Waals surface area contributed by atoms with Gasteiger partial charge >= 0.3 is 0 Å². The molecular weight excluding hydrogens is 410 g/mol. The van der Waals surface area contributed by atoms with Crippen molar-refractivity contribution in [3.05, 3.63) is 46.7 Å². The number of carbonyl (C=O) groups is 1. The van der Waals surface area contributed by atoms with E-state index in [0.717, 1.165) is 66.3 Å². The number of hydrogen-bond donors (Lipinski definition) is 1. The predicted molar refractivity (Wildman–Crippen MR) is 126 cm³/mol. The van der Waals surface area contributed by atoms with E-state index >= 15 is 0 Å². The summed E-state index contributed by atoms with van der Waals surface area (Å²) < 4.78 is 1.95. The molecule has 0 radical (unpaired) electrons. The zero-order valence-electron chi connectivity index (χ0n) is 18.7. The summed E-state index contributed by atoms with van der Waals surface area (Å²) >= 11 is 6.08. The average molecular weight is 440 g/mol. The number of benzene rings is 1. The third kappa shape index (κ3) is 4.40. The number of piperidine rings is 1. The number of fused-ring (bicyclic) bond motifs is 1. The maximum absolute atomic E-state index is 12.5. The van der Waals surface area contributed by atoms with E-state index in [2.05, 4.69) is 30.1 Å². The molecule has 2 aromatic heterocycles. The number of carbonyl (C=O) groups excluding carboxylic acids is 1. The molecule has 31 heavy (non-hydrogen) atoms. The molecule has 1 N–H and O–H groups in total. The lowest BCUT2D eigenvalue weighted by Gasteiger charge is -2.33. The van der Waals surface area contributed by atoms with Crippen LogP contribution in [0.25, 0.3) is 16.8 Å². The van der Waals surface area contributed by atoms with Gasteiger partial charge in [0.05, 0.1) is 5.69 Å².